The van der Waals surface area contributed by atoms with Gasteiger partial charge in [-0.3, -0.25) is 0 Å². The van der Waals surface area contributed by atoms with Gasteiger partial charge >= 0.3 is 5.97 Å². The summed E-state index contributed by atoms with van der Waals surface area (Å²) in [5.74, 6) is -0.335. The Balaban J connectivity index is 1.95. The molecule has 1 aliphatic heterocycles. The van der Waals surface area contributed by atoms with Gasteiger partial charge in [-0.2, -0.15) is 0 Å². The lowest BCUT2D eigenvalue weighted by Gasteiger charge is -2.27. The molecule has 0 bridgehead atoms. The molecule has 0 aliphatic carbocycles. The van der Waals surface area contributed by atoms with Gasteiger partial charge in [-0.05, 0) is 36.8 Å². The molecule has 0 amide bonds. The molecule has 120 valence electrons. The van der Waals surface area contributed by atoms with Gasteiger partial charge in [-0.25, -0.2) is 4.79 Å². The van der Waals surface area contributed by atoms with Crippen molar-refractivity contribution in [2.24, 2.45) is 0 Å². The summed E-state index contributed by atoms with van der Waals surface area (Å²) in [6.45, 7) is 2.45. The minimum atomic E-state index is -0.645. The van der Waals surface area contributed by atoms with Gasteiger partial charge in [0.25, 0.3) is 0 Å². The monoisotopic (exact) mass is 331 g/mol. The zero-order chi connectivity index (χ0) is 16.2. The molecule has 0 unspecified atom stereocenters. The van der Waals surface area contributed by atoms with Crippen LogP contribution in [0.15, 0.2) is 54.6 Å². The number of rotatable bonds is 4. The van der Waals surface area contributed by atoms with Crippen LogP contribution in [0, 0.1) is 0 Å². The molecule has 3 rings (SSSR count). The molecule has 0 radical (unpaired) electrons. The number of esters is 1. The van der Waals surface area contributed by atoms with Crippen LogP contribution in [-0.4, -0.2) is 25.4 Å². The Morgan fingerprint density at radius 1 is 1.22 bits per heavy atom. The van der Waals surface area contributed by atoms with E-state index in [2.05, 4.69) is 0 Å². The summed E-state index contributed by atoms with van der Waals surface area (Å²) >= 11 is 5.97. The Morgan fingerprint density at radius 3 is 2.57 bits per heavy atom. The van der Waals surface area contributed by atoms with Crippen LogP contribution in [-0.2, 0) is 14.3 Å². The third kappa shape index (κ3) is 3.33. The normalized spacial score (nSPS) is 20.5. The fraction of sp³-hybridized carbons (Fsp3) is 0.278. The first kappa shape index (κ1) is 15.8. The Labute approximate surface area is 140 Å². The zero-order valence-corrected chi connectivity index (χ0v) is 13.6. The molecule has 0 aromatic heterocycles. The highest BCUT2D eigenvalue weighted by Crippen LogP contribution is 2.37. The molecular weight excluding hydrogens is 314 g/mol. The standard InChI is InChI=1S/C18H18ClNO3/c1-2-22-18(21)17-16(13-6-4-3-5-7-13)20(12-23-17)15-10-8-14(19)9-11-15/h3-11,16-17H,2,12H2,1H3/t16-,17-/m1/s1. The molecule has 2 aromatic rings. The van der Waals surface area contributed by atoms with Gasteiger partial charge in [0.05, 0.1) is 12.6 Å². The van der Waals surface area contributed by atoms with Crippen LogP contribution in [0.5, 0.6) is 0 Å². The molecule has 4 nitrogen and oxygen atoms in total. The molecule has 1 saturated heterocycles. The van der Waals surface area contributed by atoms with Crippen molar-refractivity contribution < 1.29 is 14.3 Å². The number of halogens is 1. The van der Waals surface area contributed by atoms with Crippen LogP contribution >= 0.6 is 11.6 Å². The van der Waals surface area contributed by atoms with Gasteiger partial charge in [0.1, 0.15) is 6.73 Å². The third-order valence-electron chi connectivity index (χ3n) is 3.83. The Kier molecular flexibility index (Phi) is 4.84. The van der Waals surface area contributed by atoms with E-state index in [9.17, 15) is 4.79 Å². The third-order valence-corrected chi connectivity index (χ3v) is 4.09. The smallest absolute Gasteiger partial charge is 0.337 e. The van der Waals surface area contributed by atoms with Gasteiger partial charge in [0.2, 0.25) is 0 Å². The molecule has 1 fully saturated rings. The molecular formula is C18H18ClNO3. The molecule has 0 saturated carbocycles. The average Bonchev–Trinajstić information content (AvgIpc) is 3.01. The number of carbonyl (C=O) groups excluding carboxylic acids is 1. The number of ether oxygens (including phenoxy) is 2. The van der Waals surface area contributed by atoms with Gasteiger partial charge in [0.15, 0.2) is 6.10 Å². The van der Waals surface area contributed by atoms with E-state index >= 15 is 0 Å². The van der Waals surface area contributed by atoms with E-state index in [-0.39, 0.29) is 12.0 Å². The van der Waals surface area contributed by atoms with Crippen molar-refractivity contribution in [2.75, 3.05) is 18.2 Å². The summed E-state index contributed by atoms with van der Waals surface area (Å²) in [7, 11) is 0. The number of carbonyl (C=O) groups is 1. The van der Waals surface area contributed by atoms with E-state index < -0.39 is 6.10 Å². The number of hydrogen-bond donors (Lipinski definition) is 0. The van der Waals surface area contributed by atoms with Crippen LogP contribution in [0.25, 0.3) is 0 Å². The molecule has 1 aliphatic rings. The van der Waals surface area contributed by atoms with Crippen molar-refractivity contribution in [1.29, 1.82) is 0 Å². The van der Waals surface area contributed by atoms with E-state index in [0.717, 1.165) is 11.3 Å². The van der Waals surface area contributed by atoms with Crippen molar-refractivity contribution in [2.45, 2.75) is 19.1 Å². The minimum Gasteiger partial charge on any atom is -0.464 e. The van der Waals surface area contributed by atoms with E-state index in [0.29, 0.717) is 18.4 Å². The minimum absolute atomic E-state index is 0.226. The molecule has 1 heterocycles. The second kappa shape index (κ2) is 7.02. The predicted octanol–water partition coefficient (Wildman–Crippen LogP) is 3.81. The summed E-state index contributed by atoms with van der Waals surface area (Å²) in [6.07, 6.45) is -0.645. The number of benzene rings is 2. The Morgan fingerprint density at radius 2 is 1.91 bits per heavy atom. The summed E-state index contributed by atoms with van der Waals surface area (Å²) < 4.78 is 10.9. The van der Waals surface area contributed by atoms with Crippen LogP contribution in [0.1, 0.15) is 18.5 Å². The Bertz CT molecular complexity index is 660. The first-order valence-electron chi connectivity index (χ1n) is 7.56. The largest absolute Gasteiger partial charge is 0.464 e. The van der Waals surface area contributed by atoms with Crippen molar-refractivity contribution in [3.05, 3.63) is 65.2 Å². The molecule has 2 atom stereocenters. The number of hydrogen-bond acceptors (Lipinski definition) is 4. The highest BCUT2D eigenvalue weighted by Gasteiger charge is 2.42. The van der Waals surface area contributed by atoms with Crippen molar-refractivity contribution in [1.82, 2.24) is 0 Å². The average molecular weight is 332 g/mol. The summed E-state index contributed by atoms with van der Waals surface area (Å²) in [5.41, 5.74) is 1.97. The Hall–Kier alpha value is -2.04. The lowest BCUT2D eigenvalue weighted by Crippen LogP contribution is -2.33. The van der Waals surface area contributed by atoms with E-state index in [1.54, 1.807) is 6.92 Å². The number of nitrogens with zero attached hydrogens (tertiary/aromatic N) is 1. The lowest BCUT2D eigenvalue weighted by atomic mass is 10.0. The summed E-state index contributed by atoms with van der Waals surface area (Å²) in [6, 6.07) is 17.1. The summed E-state index contributed by atoms with van der Waals surface area (Å²) in [5, 5.41) is 0.673. The van der Waals surface area contributed by atoms with Gasteiger partial charge < -0.3 is 14.4 Å². The topological polar surface area (TPSA) is 38.8 Å². The zero-order valence-electron chi connectivity index (χ0n) is 12.8. The molecule has 23 heavy (non-hydrogen) atoms. The van der Waals surface area contributed by atoms with Crippen molar-refractivity contribution in [3.8, 4) is 0 Å². The fourth-order valence-electron chi connectivity index (χ4n) is 2.79. The second-order valence-electron chi connectivity index (χ2n) is 5.27. The predicted molar refractivity (Wildman–Crippen MR) is 89.5 cm³/mol. The van der Waals surface area contributed by atoms with Gasteiger partial charge in [-0.1, -0.05) is 41.9 Å². The van der Waals surface area contributed by atoms with Gasteiger partial charge in [0, 0.05) is 10.7 Å². The maximum absolute atomic E-state index is 12.3. The quantitative estimate of drug-likeness (QED) is 0.799. The molecule has 2 aromatic carbocycles. The maximum Gasteiger partial charge on any atom is 0.337 e. The highest BCUT2D eigenvalue weighted by atomic mass is 35.5. The van der Waals surface area contributed by atoms with E-state index in [1.165, 1.54) is 0 Å². The highest BCUT2D eigenvalue weighted by molar-refractivity contribution is 6.30. The molecule has 0 N–H and O–H groups in total. The molecule has 0 spiro atoms. The second-order valence-corrected chi connectivity index (χ2v) is 5.71. The van der Waals surface area contributed by atoms with Crippen LogP contribution < -0.4 is 4.90 Å². The van der Waals surface area contributed by atoms with Crippen LogP contribution in [0.2, 0.25) is 5.02 Å². The van der Waals surface area contributed by atoms with Crippen molar-refractivity contribution >= 4 is 23.3 Å². The van der Waals surface area contributed by atoms with E-state index in [4.69, 9.17) is 21.1 Å². The van der Waals surface area contributed by atoms with Gasteiger partial charge in [-0.15, -0.1) is 0 Å². The first-order valence-corrected chi connectivity index (χ1v) is 7.94. The SMILES string of the molecule is CCOC(=O)[C@@H]1OCN(c2ccc(Cl)cc2)[C@@H]1c1ccccc1. The van der Waals surface area contributed by atoms with E-state index in [1.807, 2.05) is 59.5 Å². The van der Waals surface area contributed by atoms with Crippen LogP contribution in [0.4, 0.5) is 5.69 Å². The van der Waals surface area contributed by atoms with Crippen molar-refractivity contribution in [3.63, 3.8) is 0 Å². The lowest BCUT2D eigenvalue weighted by molar-refractivity contribution is -0.154. The molecule has 5 heteroatoms. The fourth-order valence-corrected chi connectivity index (χ4v) is 2.92. The first-order chi connectivity index (χ1) is 11.2. The summed E-state index contributed by atoms with van der Waals surface area (Å²) in [4.78, 5) is 14.3. The maximum atomic E-state index is 12.3. The number of anilines is 1. The van der Waals surface area contributed by atoms with Crippen LogP contribution in [0.3, 0.4) is 0 Å².